The van der Waals surface area contributed by atoms with Crippen molar-refractivity contribution in [1.82, 2.24) is 4.90 Å². The fraction of sp³-hybridized carbons (Fsp3) is 0.440. The largest absolute Gasteiger partial charge is 0.490 e. The highest BCUT2D eigenvalue weighted by molar-refractivity contribution is 6.43. The highest BCUT2D eigenvalue weighted by Crippen LogP contribution is 2.33. The number of ether oxygens (including phenoxy) is 3. The average molecular weight is 509 g/mol. The van der Waals surface area contributed by atoms with Crippen LogP contribution in [0.25, 0.3) is 0 Å². The Morgan fingerprint density at radius 2 is 1.74 bits per heavy atom. The maximum Gasteiger partial charge on any atom is 0.310 e. The van der Waals surface area contributed by atoms with Crippen molar-refractivity contribution in [3.8, 4) is 11.5 Å². The van der Waals surface area contributed by atoms with Crippen molar-refractivity contribution >= 4 is 40.8 Å². The molecule has 0 atom stereocenters. The SMILES string of the molecule is CCOc1cc(CC(=O)OC(C)C)ccc1OCC(=O)N1CCN(c2cccc(Cl)c2Cl)CC1. The lowest BCUT2D eigenvalue weighted by Crippen LogP contribution is -2.50. The number of hydrogen-bond donors (Lipinski definition) is 0. The summed E-state index contributed by atoms with van der Waals surface area (Å²) in [7, 11) is 0. The Morgan fingerprint density at radius 1 is 1.00 bits per heavy atom. The molecule has 1 fully saturated rings. The van der Waals surface area contributed by atoms with Crippen LogP contribution in [0.4, 0.5) is 5.69 Å². The molecule has 1 aliphatic heterocycles. The molecule has 0 radical (unpaired) electrons. The van der Waals surface area contributed by atoms with Gasteiger partial charge in [-0.1, -0.05) is 35.3 Å². The van der Waals surface area contributed by atoms with Gasteiger partial charge in [0.2, 0.25) is 0 Å². The summed E-state index contributed by atoms with van der Waals surface area (Å²) in [6.07, 6.45) is -0.0323. The first-order chi connectivity index (χ1) is 16.3. The first kappa shape index (κ1) is 26.0. The molecule has 2 aromatic carbocycles. The number of halogens is 2. The number of benzene rings is 2. The smallest absolute Gasteiger partial charge is 0.310 e. The van der Waals surface area contributed by atoms with Crippen molar-refractivity contribution < 1.29 is 23.8 Å². The van der Waals surface area contributed by atoms with E-state index < -0.39 is 0 Å². The number of nitrogens with zero attached hydrogens (tertiary/aromatic N) is 2. The van der Waals surface area contributed by atoms with Gasteiger partial charge in [-0.05, 0) is 50.6 Å². The van der Waals surface area contributed by atoms with Crippen LogP contribution in [-0.2, 0) is 20.7 Å². The molecule has 3 rings (SSSR count). The van der Waals surface area contributed by atoms with Crippen molar-refractivity contribution in [2.45, 2.75) is 33.3 Å². The Kier molecular flexibility index (Phi) is 9.30. The van der Waals surface area contributed by atoms with Crippen molar-refractivity contribution in [2.24, 2.45) is 0 Å². The number of esters is 1. The maximum atomic E-state index is 12.8. The number of hydrogen-bond acceptors (Lipinski definition) is 6. The number of amides is 1. The minimum Gasteiger partial charge on any atom is -0.490 e. The number of rotatable bonds is 9. The van der Waals surface area contributed by atoms with Gasteiger partial charge in [0, 0.05) is 26.2 Å². The Balaban J connectivity index is 1.56. The molecule has 34 heavy (non-hydrogen) atoms. The molecule has 184 valence electrons. The van der Waals surface area contributed by atoms with Crippen LogP contribution >= 0.6 is 23.2 Å². The Morgan fingerprint density at radius 3 is 2.41 bits per heavy atom. The van der Waals surface area contributed by atoms with E-state index in [0.29, 0.717) is 54.3 Å². The second-order valence-electron chi connectivity index (χ2n) is 8.16. The molecular weight excluding hydrogens is 479 g/mol. The first-order valence-electron chi connectivity index (χ1n) is 11.3. The van der Waals surface area contributed by atoms with Gasteiger partial charge in [0.15, 0.2) is 18.1 Å². The molecule has 0 saturated carbocycles. The fourth-order valence-electron chi connectivity index (χ4n) is 3.69. The molecule has 0 unspecified atom stereocenters. The van der Waals surface area contributed by atoms with E-state index in [1.165, 1.54) is 0 Å². The summed E-state index contributed by atoms with van der Waals surface area (Å²) in [5.41, 5.74) is 1.62. The van der Waals surface area contributed by atoms with E-state index in [2.05, 4.69) is 4.90 Å². The van der Waals surface area contributed by atoms with Gasteiger partial charge >= 0.3 is 5.97 Å². The molecule has 9 heteroatoms. The summed E-state index contributed by atoms with van der Waals surface area (Å²) in [6.45, 7) is 8.22. The van der Waals surface area contributed by atoms with Gasteiger partial charge in [-0.3, -0.25) is 9.59 Å². The lowest BCUT2D eigenvalue weighted by molar-refractivity contribution is -0.146. The van der Waals surface area contributed by atoms with Gasteiger partial charge in [0.05, 0.1) is 34.9 Å². The summed E-state index contributed by atoms with van der Waals surface area (Å²) >= 11 is 12.5. The lowest BCUT2D eigenvalue weighted by Gasteiger charge is -2.36. The minimum absolute atomic E-state index is 0.104. The highest BCUT2D eigenvalue weighted by atomic mass is 35.5. The van der Waals surface area contributed by atoms with Crippen LogP contribution in [0, 0.1) is 0 Å². The Hall–Kier alpha value is -2.64. The first-order valence-corrected chi connectivity index (χ1v) is 12.1. The normalized spacial score (nSPS) is 13.7. The van der Waals surface area contributed by atoms with Crippen molar-refractivity contribution in [3.05, 3.63) is 52.0 Å². The molecule has 0 N–H and O–H groups in total. The van der Waals surface area contributed by atoms with Crippen molar-refractivity contribution in [1.29, 1.82) is 0 Å². The second kappa shape index (κ2) is 12.2. The highest BCUT2D eigenvalue weighted by Gasteiger charge is 2.23. The summed E-state index contributed by atoms with van der Waals surface area (Å²) in [5, 5.41) is 1.04. The third-order valence-electron chi connectivity index (χ3n) is 5.28. The molecule has 1 amide bonds. The summed E-state index contributed by atoms with van der Waals surface area (Å²) in [6, 6.07) is 10.8. The van der Waals surface area contributed by atoms with Crippen LogP contribution in [-0.4, -0.2) is 62.3 Å². The van der Waals surface area contributed by atoms with E-state index in [-0.39, 0.29) is 31.0 Å². The molecule has 0 aromatic heterocycles. The molecule has 1 heterocycles. The Bertz CT molecular complexity index is 1010. The number of anilines is 1. The van der Waals surface area contributed by atoms with Gasteiger partial charge in [0.25, 0.3) is 5.91 Å². The summed E-state index contributed by atoms with van der Waals surface area (Å²) in [4.78, 5) is 28.6. The maximum absolute atomic E-state index is 12.8. The van der Waals surface area contributed by atoms with Crippen LogP contribution < -0.4 is 14.4 Å². The number of carbonyl (C=O) groups is 2. The summed E-state index contributed by atoms with van der Waals surface area (Å²) < 4.78 is 16.7. The zero-order chi connectivity index (χ0) is 24.7. The molecule has 1 aliphatic rings. The van der Waals surface area contributed by atoms with E-state index >= 15 is 0 Å². The molecule has 7 nitrogen and oxygen atoms in total. The van der Waals surface area contributed by atoms with Crippen LogP contribution in [0.2, 0.25) is 10.0 Å². The zero-order valence-electron chi connectivity index (χ0n) is 19.7. The summed E-state index contributed by atoms with van der Waals surface area (Å²) in [5.74, 6) is 0.537. The Labute approximate surface area is 210 Å². The van der Waals surface area contributed by atoms with Crippen molar-refractivity contribution in [2.75, 3.05) is 44.3 Å². The standard InChI is InChI=1S/C25H30Cl2N2O5/c1-4-32-22-14-18(15-24(31)34-17(2)3)8-9-21(22)33-16-23(30)29-12-10-28(11-13-29)20-7-5-6-19(26)25(20)27/h5-9,14,17H,4,10-13,15-16H2,1-3H3. The molecule has 2 aromatic rings. The fourth-order valence-corrected chi connectivity index (χ4v) is 4.10. The molecule has 1 saturated heterocycles. The van der Waals surface area contributed by atoms with E-state index in [1.807, 2.05) is 32.9 Å². The molecule has 0 spiro atoms. The van der Waals surface area contributed by atoms with Crippen LogP contribution in [0.15, 0.2) is 36.4 Å². The van der Waals surface area contributed by atoms with E-state index in [0.717, 1.165) is 11.3 Å². The van der Waals surface area contributed by atoms with Crippen LogP contribution in [0.3, 0.4) is 0 Å². The third kappa shape index (κ3) is 6.93. The molecule has 0 bridgehead atoms. The topological polar surface area (TPSA) is 68.3 Å². The van der Waals surface area contributed by atoms with Crippen LogP contribution in [0.5, 0.6) is 11.5 Å². The van der Waals surface area contributed by atoms with E-state index in [4.69, 9.17) is 37.4 Å². The van der Waals surface area contributed by atoms with Gasteiger partial charge in [-0.15, -0.1) is 0 Å². The quantitative estimate of drug-likeness (QED) is 0.460. The van der Waals surface area contributed by atoms with Gasteiger partial charge in [-0.25, -0.2) is 0 Å². The van der Waals surface area contributed by atoms with E-state index in [9.17, 15) is 9.59 Å². The second-order valence-corrected chi connectivity index (χ2v) is 8.94. The molecular formula is C25H30Cl2N2O5. The lowest BCUT2D eigenvalue weighted by atomic mass is 10.1. The predicted molar refractivity (Wildman–Crippen MR) is 133 cm³/mol. The van der Waals surface area contributed by atoms with E-state index in [1.54, 1.807) is 29.2 Å². The minimum atomic E-state index is -0.306. The third-order valence-corrected chi connectivity index (χ3v) is 6.09. The number of piperazine rings is 1. The zero-order valence-corrected chi connectivity index (χ0v) is 21.2. The predicted octanol–water partition coefficient (Wildman–Crippen LogP) is 4.61. The number of carbonyl (C=O) groups excluding carboxylic acids is 2. The average Bonchev–Trinajstić information content (AvgIpc) is 2.80. The van der Waals surface area contributed by atoms with Gasteiger partial charge in [0.1, 0.15) is 0 Å². The monoisotopic (exact) mass is 508 g/mol. The van der Waals surface area contributed by atoms with Gasteiger partial charge < -0.3 is 24.0 Å². The van der Waals surface area contributed by atoms with Gasteiger partial charge in [-0.2, -0.15) is 0 Å². The van der Waals surface area contributed by atoms with Crippen molar-refractivity contribution in [3.63, 3.8) is 0 Å². The molecule has 0 aliphatic carbocycles. The van der Waals surface area contributed by atoms with Crippen LogP contribution in [0.1, 0.15) is 26.3 Å².